The highest BCUT2D eigenvalue weighted by atomic mass is 16.5. The maximum atomic E-state index is 8.95. The highest BCUT2D eigenvalue weighted by molar-refractivity contribution is 5.88. The van der Waals surface area contributed by atoms with Gasteiger partial charge in [-0.3, -0.25) is 0 Å². The average Bonchev–Trinajstić information content (AvgIpc) is 2.85. The highest BCUT2D eigenvalue weighted by Gasteiger charge is 2.20. The summed E-state index contributed by atoms with van der Waals surface area (Å²) in [6, 6.07) is 7.83. The van der Waals surface area contributed by atoms with Gasteiger partial charge in [0.15, 0.2) is 19.7 Å². The van der Waals surface area contributed by atoms with Crippen LogP contribution in [0, 0.1) is 0 Å². The van der Waals surface area contributed by atoms with Gasteiger partial charge in [0.2, 0.25) is 0 Å². The van der Waals surface area contributed by atoms with Crippen LogP contribution in [0.4, 0.5) is 0 Å². The van der Waals surface area contributed by atoms with Gasteiger partial charge in [0.1, 0.15) is 12.4 Å². The Balaban J connectivity index is 2.12. The molecule has 0 unspecified atom stereocenters. The molecule has 2 rings (SSSR count). The molecule has 0 spiro atoms. The summed E-state index contributed by atoms with van der Waals surface area (Å²) in [5.41, 5.74) is 1.06. The van der Waals surface area contributed by atoms with Gasteiger partial charge in [-0.15, -0.1) is 0 Å². The van der Waals surface area contributed by atoms with Crippen molar-refractivity contribution in [2.45, 2.75) is 0 Å². The number of rotatable bonds is 5. The molecule has 18 heavy (non-hydrogen) atoms. The molecule has 0 aliphatic carbocycles. The molecule has 1 aromatic carbocycles. The van der Waals surface area contributed by atoms with Crippen molar-refractivity contribution < 1.29 is 19.2 Å². The van der Waals surface area contributed by atoms with E-state index in [0.717, 1.165) is 23.8 Å². The van der Waals surface area contributed by atoms with E-state index in [4.69, 9.17) is 14.6 Å². The fourth-order valence-corrected chi connectivity index (χ4v) is 1.87. The van der Waals surface area contributed by atoms with E-state index in [-0.39, 0.29) is 6.61 Å². The van der Waals surface area contributed by atoms with Crippen LogP contribution in [0.15, 0.2) is 30.3 Å². The minimum atomic E-state index is 0.139. The zero-order valence-corrected chi connectivity index (χ0v) is 10.5. The van der Waals surface area contributed by atoms with Crippen molar-refractivity contribution >= 4 is 12.0 Å². The predicted octanol–water partition coefficient (Wildman–Crippen LogP) is 1.14. The maximum Gasteiger partial charge on any atom is 0.362 e. The van der Waals surface area contributed by atoms with E-state index in [1.807, 2.05) is 41.0 Å². The Hall–Kier alpha value is -1.81. The Labute approximate surface area is 107 Å². The number of benzene rings is 1. The van der Waals surface area contributed by atoms with E-state index < -0.39 is 0 Å². The lowest BCUT2D eigenvalue weighted by Crippen LogP contribution is -2.18. The molecule has 0 amide bonds. The average molecular weight is 248 g/mol. The third-order valence-electron chi connectivity index (χ3n) is 2.80. The van der Waals surface area contributed by atoms with Crippen molar-refractivity contribution in [2.24, 2.45) is 0 Å². The van der Waals surface area contributed by atoms with E-state index in [1.165, 1.54) is 0 Å². The number of hydrogen-bond acceptors (Lipinski definition) is 3. The van der Waals surface area contributed by atoms with Crippen molar-refractivity contribution in [3.05, 3.63) is 35.9 Å². The summed E-state index contributed by atoms with van der Waals surface area (Å²) in [6.45, 7) is 2.26. The minimum absolute atomic E-state index is 0.139. The molecule has 1 aliphatic rings. The van der Waals surface area contributed by atoms with Crippen molar-refractivity contribution in [3.63, 3.8) is 0 Å². The SMILES string of the molecule is COc1cccc(/C=C/C2=[N+](CCO)CCO2)c1. The van der Waals surface area contributed by atoms with Gasteiger partial charge in [-0.25, -0.2) is 0 Å². The quantitative estimate of drug-likeness (QED) is 0.795. The summed E-state index contributed by atoms with van der Waals surface area (Å²) < 4.78 is 12.7. The lowest BCUT2D eigenvalue weighted by molar-refractivity contribution is -0.519. The molecule has 0 aromatic heterocycles. The first-order valence-electron chi connectivity index (χ1n) is 6.01. The van der Waals surface area contributed by atoms with Gasteiger partial charge in [0.05, 0.1) is 13.2 Å². The Morgan fingerprint density at radius 2 is 2.33 bits per heavy atom. The fourth-order valence-electron chi connectivity index (χ4n) is 1.87. The van der Waals surface area contributed by atoms with Gasteiger partial charge in [-0.1, -0.05) is 12.1 Å². The summed E-state index contributed by atoms with van der Waals surface area (Å²) in [7, 11) is 1.65. The smallest absolute Gasteiger partial charge is 0.362 e. The standard InChI is InChI=1S/C14H18NO3/c1-17-13-4-2-3-12(11-13)5-6-14-15(7-9-16)8-10-18-14/h2-6,11,16H,7-10H2,1H3/q+1/b6-5+. The first-order chi connectivity index (χ1) is 8.83. The second kappa shape index (κ2) is 6.21. The molecule has 0 atom stereocenters. The van der Waals surface area contributed by atoms with E-state index in [2.05, 4.69) is 0 Å². The highest BCUT2D eigenvalue weighted by Crippen LogP contribution is 2.14. The number of ether oxygens (including phenoxy) is 2. The summed E-state index contributed by atoms with van der Waals surface area (Å²) in [5, 5.41) is 8.95. The van der Waals surface area contributed by atoms with E-state index >= 15 is 0 Å². The van der Waals surface area contributed by atoms with Crippen LogP contribution in [0.2, 0.25) is 0 Å². The van der Waals surface area contributed by atoms with Crippen LogP contribution in [0.3, 0.4) is 0 Å². The molecule has 1 aromatic rings. The molecule has 0 saturated carbocycles. The number of methoxy groups -OCH3 is 1. The lowest BCUT2D eigenvalue weighted by Gasteiger charge is -1.99. The number of aliphatic hydroxyl groups is 1. The zero-order valence-electron chi connectivity index (χ0n) is 10.5. The molecule has 1 N–H and O–H groups in total. The second-order valence-electron chi connectivity index (χ2n) is 4.01. The molecule has 96 valence electrons. The third-order valence-corrected chi connectivity index (χ3v) is 2.80. The van der Waals surface area contributed by atoms with Crippen LogP contribution in [-0.2, 0) is 4.74 Å². The number of hydrogen-bond donors (Lipinski definition) is 1. The van der Waals surface area contributed by atoms with E-state index in [1.54, 1.807) is 7.11 Å². The van der Waals surface area contributed by atoms with Gasteiger partial charge in [-0.2, -0.15) is 4.58 Å². The van der Waals surface area contributed by atoms with Crippen LogP contribution in [0.25, 0.3) is 6.08 Å². The van der Waals surface area contributed by atoms with Crippen LogP contribution in [-0.4, -0.2) is 49.0 Å². The summed E-state index contributed by atoms with van der Waals surface area (Å²) in [5.74, 6) is 1.65. The first kappa shape index (κ1) is 12.6. The maximum absolute atomic E-state index is 8.95. The molecular formula is C14H18NO3+. The van der Waals surface area contributed by atoms with Crippen LogP contribution in [0.1, 0.15) is 5.56 Å². The van der Waals surface area contributed by atoms with Crippen LogP contribution >= 0.6 is 0 Å². The molecule has 1 heterocycles. The molecule has 0 saturated heterocycles. The Morgan fingerprint density at radius 1 is 1.44 bits per heavy atom. The minimum Gasteiger partial charge on any atom is -0.497 e. The number of aliphatic hydroxyl groups excluding tert-OH is 1. The van der Waals surface area contributed by atoms with Gasteiger partial charge < -0.3 is 14.6 Å². The molecule has 1 aliphatic heterocycles. The van der Waals surface area contributed by atoms with Gasteiger partial charge >= 0.3 is 5.90 Å². The van der Waals surface area contributed by atoms with E-state index in [0.29, 0.717) is 13.2 Å². The number of nitrogens with zero attached hydrogens (tertiary/aromatic N) is 1. The first-order valence-corrected chi connectivity index (χ1v) is 6.01. The topological polar surface area (TPSA) is 41.7 Å². The predicted molar refractivity (Wildman–Crippen MR) is 70.1 cm³/mol. The normalized spacial score (nSPS) is 15.2. The molecular weight excluding hydrogens is 230 g/mol. The number of β-amino-alcohol motifs (C(OH)–C–C–N with tert-alkyl or cyclic N) is 1. The van der Waals surface area contributed by atoms with Crippen LogP contribution < -0.4 is 4.74 Å². The zero-order chi connectivity index (χ0) is 12.8. The Morgan fingerprint density at radius 3 is 3.11 bits per heavy atom. The van der Waals surface area contributed by atoms with Crippen molar-refractivity contribution in [1.29, 1.82) is 0 Å². The molecule has 4 heteroatoms. The Bertz CT molecular complexity index is 466. The van der Waals surface area contributed by atoms with Gasteiger partial charge in [0, 0.05) is 0 Å². The van der Waals surface area contributed by atoms with Crippen molar-refractivity contribution in [2.75, 3.05) is 33.4 Å². The second-order valence-corrected chi connectivity index (χ2v) is 4.01. The van der Waals surface area contributed by atoms with Gasteiger partial charge in [0.25, 0.3) is 0 Å². The molecule has 0 bridgehead atoms. The summed E-state index contributed by atoms with van der Waals surface area (Å²) >= 11 is 0. The lowest BCUT2D eigenvalue weighted by atomic mass is 10.2. The summed E-state index contributed by atoms with van der Waals surface area (Å²) in [6.07, 6.45) is 3.91. The van der Waals surface area contributed by atoms with Crippen LogP contribution in [0.5, 0.6) is 5.75 Å². The van der Waals surface area contributed by atoms with Crippen molar-refractivity contribution in [1.82, 2.24) is 0 Å². The van der Waals surface area contributed by atoms with Crippen molar-refractivity contribution in [3.8, 4) is 5.75 Å². The Kier molecular flexibility index (Phi) is 4.36. The molecule has 0 radical (unpaired) electrons. The molecule has 0 fully saturated rings. The van der Waals surface area contributed by atoms with Gasteiger partial charge in [-0.05, 0) is 23.8 Å². The van der Waals surface area contributed by atoms with E-state index in [9.17, 15) is 0 Å². The molecule has 4 nitrogen and oxygen atoms in total. The fraction of sp³-hybridized carbons (Fsp3) is 0.357. The summed E-state index contributed by atoms with van der Waals surface area (Å²) in [4.78, 5) is 0. The third kappa shape index (κ3) is 3.11. The monoisotopic (exact) mass is 248 g/mol. The largest absolute Gasteiger partial charge is 0.497 e.